The maximum absolute atomic E-state index is 13.9. The second-order valence-electron chi connectivity index (χ2n) is 9.39. The summed E-state index contributed by atoms with van der Waals surface area (Å²) in [5.41, 5.74) is 2.97. The van der Waals surface area contributed by atoms with Crippen molar-refractivity contribution < 1.29 is 18.7 Å². The Bertz CT molecular complexity index is 1370. The first-order valence-corrected chi connectivity index (χ1v) is 12.8. The van der Waals surface area contributed by atoms with E-state index in [0.717, 1.165) is 23.9 Å². The van der Waals surface area contributed by atoms with Crippen molar-refractivity contribution in [3.63, 3.8) is 0 Å². The third-order valence-corrected chi connectivity index (χ3v) is 6.78. The normalized spacial score (nSPS) is 15.9. The molecule has 5 rings (SSSR count). The highest BCUT2D eigenvalue weighted by Crippen LogP contribution is 2.24. The maximum atomic E-state index is 13.9. The SMILES string of the molecule is O=C(NC[C@H]1CCCO1)[C@@H](c1ccc(F)cc1)N(CCc1ccccc1)C(=O)Cn1nnc2ccccc21. The molecule has 1 aliphatic rings. The van der Waals surface area contributed by atoms with Gasteiger partial charge < -0.3 is 15.0 Å². The van der Waals surface area contributed by atoms with Crippen molar-refractivity contribution in [3.05, 3.63) is 95.8 Å². The fourth-order valence-electron chi connectivity index (χ4n) is 4.78. The van der Waals surface area contributed by atoms with E-state index in [-0.39, 0.29) is 31.0 Å². The molecule has 0 bridgehead atoms. The molecule has 4 aromatic rings. The number of hydrogen-bond acceptors (Lipinski definition) is 5. The molecule has 0 radical (unpaired) electrons. The Hall–Kier alpha value is -4.11. The highest BCUT2D eigenvalue weighted by atomic mass is 19.1. The van der Waals surface area contributed by atoms with Crippen LogP contribution in [0.5, 0.6) is 0 Å². The van der Waals surface area contributed by atoms with Crippen molar-refractivity contribution in [2.45, 2.75) is 38.0 Å². The summed E-state index contributed by atoms with van der Waals surface area (Å²) in [4.78, 5) is 29.1. The summed E-state index contributed by atoms with van der Waals surface area (Å²) in [6.45, 7) is 1.22. The average Bonchev–Trinajstić information content (AvgIpc) is 3.61. The fourth-order valence-corrected chi connectivity index (χ4v) is 4.78. The number of hydrogen-bond donors (Lipinski definition) is 1. The van der Waals surface area contributed by atoms with Gasteiger partial charge in [0.1, 0.15) is 23.9 Å². The van der Waals surface area contributed by atoms with Gasteiger partial charge >= 0.3 is 0 Å². The lowest BCUT2D eigenvalue weighted by molar-refractivity contribution is -0.141. The zero-order chi connectivity index (χ0) is 26.3. The molecule has 1 aliphatic heterocycles. The minimum absolute atomic E-state index is 0.0530. The Morgan fingerprint density at radius 3 is 2.58 bits per heavy atom. The Morgan fingerprint density at radius 1 is 1.05 bits per heavy atom. The second-order valence-corrected chi connectivity index (χ2v) is 9.39. The number of amides is 2. The van der Waals surface area contributed by atoms with Gasteiger partial charge in [-0.2, -0.15) is 0 Å². The summed E-state index contributed by atoms with van der Waals surface area (Å²) in [6.07, 6.45) is 2.32. The van der Waals surface area contributed by atoms with E-state index in [2.05, 4.69) is 15.6 Å². The van der Waals surface area contributed by atoms with Crippen molar-refractivity contribution in [2.75, 3.05) is 19.7 Å². The lowest BCUT2D eigenvalue weighted by atomic mass is 10.0. The number of benzene rings is 3. The van der Waals surface area contributed by atoms with Crippen LogP contribution >= 0.6 is 0 Å². The van der Waals surface area contributed by atoms with Crippen LogP contribution < -0.4 is 5.32 Å². The monoisotopic (exact) mass is 515 g/mol. The first-order valence-electron chi connectivity index (χ1n) is 12.8. The second kappa shape index (κ2) is 12.0. The molecule has 1 fully saturated rings. The van der Waals surface area contributed by atoms with Crippen molar-refractivity contribution >= 4 is 22.8 Å². The van der Waals surface area contributed by atoms with Crippen LogP contribution in [0.25, 0.3) is 11.0 Å². The van der Waals surface area contributed by atoms with Gasteiger partial charge in [0, 0.05) is 19.7 Å². The topological polar surface area (TPSA) is 89.4 Å². The van der Waals surface area contributed by atoms with Gasteiger partial charge in [-0.05, 0) is 54.7 Å². The van der Waals surface area contributed by atoms with Crippen molar-refractivity contribution in [3.8, 4) is 0 Å². The van der Waals surface area contributed by atoms with E-state index in [1.165, 1.54) is 12.1 Å². The van der Waals surface area contributed by atoms with E-state index >= 15 is 0 Å². The number of ether oxygens (including phenoxy) is 1. The van der Waals surface area contributed by atoms with Crippen LogP contribution in [0.4, 0.5) is 4.39 Å². The van der Waals surface area contributed by atoms with E-state index in [4.69, 9.17) is 4.74 Å². The van der Waals surface area contributed by atoms with Crippen molar-refractivity contribution in [1.29, 1.82) is 0 Å². The van der Waals surface area contributed by atoms with Gasteiger partial charge in [0.2, 0.25) is 11.8 Å². The lowest BCUT2D eigenvalue weighted by Crippen LogP contribution is -2.47. The first-order chi connectivity index (χ1) is 18.6. The van der Waals surface area contributed by atoms with Gasteiger partial charge in [-0.1, -0.05) is 59.8 Å². The summed E-state index contributed by atoms with van der Waals surface area (Å²) < 4.78 is 21.0. The number of carbonyl (C=O) groups excluding carboxylic acids is 2. The minimum atomic E-state index is -0.956. The molecule has 1 aromatic heterocycles. The quantitative estimate of drug-likeness (QED) is 0.348. The molecular weight excluding hydrogens is 485 g/mol. The molecule has 8 nitrogen and oxygen atoms in total. The minimum Gasteiger partial charge on any atom is -0.376 e. The van der Waals surface area contributed by atoms with Crippen LogP contribution in [0.3, 0.4) is 0 Å². The molecule has 0 saturated carbocycles. The fraction of sp³-hybridized carbons (Fsp3) is 0.310. The number of fused-ring (bicyclic) bond motifs is 1. The number of nitrogens with one attached hydrogen (secondary N) is 1. The number of para-hydroxylation sites is 1. The van der Waals surface area contributed by atoms with Crippen LogP contribution in [0.15, 0.2) is 78.9 Å². The molecule has 0 unspecified atom stereocenters. The van der Waals surface area contributed by atoms with E-state index in [0.29, 0.717) is 30.7 Å². The molecule has 196 valence electrons. The highest BCUT2D eigenvalue weighted by molar-refractivity contribution is 5.89. The number of halogens is 1. The summed E-state index contributed by atoms with van der Waals surface area (Å²) in [5.74, 6) is -1.04. The van der Waals surface area contributed by atoms with Gasteiger partial charge in [-0.25, -0.2) is 9.07 Å². The number of rotatable bonds is 10. The predicted molar refractivity (Wildman–Crippen MR) is 141 cm³/mol. The van der Waals surface area contributed by atoms with Crippen LogP contribution in [0.1, 0.15) is 30.0 Å². The Kier molecular flexibility index (Phi) is 8.04. The van der Waals surface area contributed by atoms with E-state index in [1.54, 1.807) is 21.7 Å². The molecule has 0 spiro atoms. The number of aromatic nitrogens is 3. The summed E-state index contributed by atoms with van der Waals surface area (Å²) in [6, 6.07) is 21.9. The largest absolute Gasteiger partial charge is 0.376 e. The lowest BCUT2D eigenvalue weighted by Gasteiger charge is -2.32. The molecule has 1 saturated heterocycles. The Balaban J connectivity index is 1.45. The maximum Gasteiger partial charge on any atom is 0.247 e. The van der Waals surface area contributed by atoms with Gasteiger partial charge in [0.25, 0.3) is 0 Å². The third kappa shape index (κ3) is 6.06. The van der Waals surface area contributed by atoms with Gasteiger partial charge in [0.05, 0.1) is 11.6 Å². The van der Waals surface area contributed by atoms with Gasteiger partial charge in [-0.15, -0.1) is 5.10 Å². The smallest absolute Gasteiger partial charge is 0.247 e. The average molecular weight is 516 g/mol. The molecule has 9 heteroatoms. The zero-order valence-corrected chi connectivity index (χ0v) is 21.0. The van der Waals surface area contributed by atoms with Crippen molar-refractivity contribution in [2.24, 2.45) is 0 Å². The van der Waals surface area contributed by atoms with Gasteiger partial charge in [-0.3, -0.25) is 9.59 Å². The summed E-state index contributed by atoms with van der Waals surface area (Å²) in [7, 11) is 0. The summed E-state index contributed by atoms with van der Waals surface area (Å²) >= 11 is 0. The molecule has 2 amide bonds. The highest BCUT2D eigenvalue weighted by Gasteiger charge is 2.32. The van der Waals surface area contributed by atoms with Crippen LogP contribution in [0, 0.1) is 5.82 Å². The predicted octanol–water partition coefficient (Wildman–Crippen LogP) is 3.68. The summed E-state index contributed by atoms with van der Waals surface area (Å²) in [5, 5.41) is 11.3. The van der Waals surface area contributed by atoms with E-state index in [9.17, 15) is 14.0 Å². The first kappa shape index (κ1) is 25.5. The van der Waals surface area contributed by atoms with Crippen LogP contribution in [0.2, 0.25) is 0 Å². The van der Waals surface area contributed by atoms with E-state index in [1.807, 2.05) is 54.6 Å². The van der Waals surface area contributed by atoms with E-state index < -0.39 is 11.9 Å². The molecule has 2 atom stereocenters. The zero-order valence-electron chi connectivity index (χ0n) is 21.0. The Morgan fingerprint density at radius 2 is 1.82 bits per heavy atom. The molecule has 2 heterocycles. The number of carbonyl (C=O) groups is 2. The standard InChI is InChI=1S/C29H30FN5O3/c30-23-14-12-22(13-15-23)28(29(37)31-19-24-9-6-18-38-24)34(17-16-21-7-2-1-3-8-21)27(36)20-35-26-11-5-4-10-25(26)32-33-35/h1-5,7-8,10-15,24,28H,6,9,16-20H2,(H,31,37)/t24-,28-/m1/s1. The third-order valence-electron chi connectivity index (χ3n) is 6.78. The molecule has 38 heavy (non-hydrogen) atoms. The van der Waals surface area contributed by atoms with Crippen LogP contribution in [-0.4, -0.2) is 57.5 Å². The van der Waals surface area contributed by atoms with Gasteiger partial charge in [0.15, 0.2) is 0 Å². The molecule has 3 aromatic carbocycles. The van der Waals surface area contributed by atoms with Crippen molar-refractivity contribution in [1.82, 2.24) is 25.2 Å². The van der Waals surface area contributed by atoms with Crippen LogP contribution in [-0.2, 0) is 27.3 Å². The molecule has 0 aliphatic carbocycles. The Labute approximate surface area is 220 Å². The number of nitrogens with zero attached hydrogens (tertiary/aromatic N) is 4. The molecule has 1 N–H and O–H groups in total. The molecular formula is C29H30FN5O3.